The molecule has 0 radical (unpaired) electrons. The molecule has 1 saturated carbocycles. The lowest BCUT2D eigenvalue weighted by atomic mass is 10.3. The zero-order valence-electron chi connectivity index (χ0n) is 9.95. The molecule has 1 aromatic rings. The maximum atomic E-state index is 8.69. The Morgan fingerprint density at radius 2 is 2.41 bits per heavy atom. The second-order valence-electron chi connectivity index (χ2n) is 4.46. The molecule has 0 bridgehead atoms. The van der Waals surface area contributed by atoms with Crippen LogP contribution >= 0.6 is 11.3 Å². The Bertz CT molecular complexity index is 379. The van der Waals surface area contributed by atoms with Crippen molar-refractivity contribution in [3.63, 3.8) is 0 Å². The van der Waals surface area contributed by atoms with Gasteiger partial charge >= 0.3 is 0 Å². The van der Waals surface area contributed by atoms with Gasteiger partial charge in [-0.3, -0.25) is 0 Å². The maximum Gasteiger partial charge on any atom is 0.100 e. The van der Waals surface area contributed by atoms with Crippen LogP contribution in [0.2, 0.25) is 0 Å². The molecular weight excluding hydrogens is 232 g/mol. The predicted molar refractivity (Wildman–Crippen MR) is 68.9 cm³/mol. The Morgan fingerprint density at radius 1 is 1.53 bits per heavy atom. The summed E-state index contributed by atoms with van der Waals surface area (Å²) in [7, 11) is 0. The van der Waals surface area contributed by atoms with Gasteiger partial charge in [0.1, 0.15) is 6.07 Å². The van der Waals surface area contributed by atoms with Crippen LogP contribution in [0.25, 0.3) is 0 Å². The van der Waals surface area contributed by atoms with Gasteiger partial charge in [-0.25, -0.2) is 0 Å². The Labute approximate surface area is 106 Å². The lowest BCUT2D eigenvalue weighted by Crippen LogP contribution is -2.16. The summed E-state index contributed by atoms with van der Waals surface area (Å²) in [5.41, 5.74) is 0.763. The lowest BCUT2D eigenvalue weighted by Gasteiger charge is -2.04. The highest BCUT2D eigenvalue weighted by atomic mass is 32.1. The standard InChI is InChI=1S/C13H18N2OS/c14-7-12-6-13(17-10-12)8-15-4-1-5-16-9-11-2-3-11/h6,10-11,15H,1-5,8-9H2. The molecule has 1 heterocycles. The molecule has 0 aliphatic heterocycles. The molecule has 0 unspecified atom stereocenters. The van der Waals surface area contributed by atoms with Crippen LogP contribution in [-0.4, -0.2) is 19.8 Å². The van der Waals surface area contributed by atoms with Crippen molar-refractivity contribution < 1.29 is 4.74 Å². The molecule has 4 heteroatoms. The molecule has 1 N–H and O–H groups in total. The van der Waals surface area contributed by atoms with Gasteiger partial charge in [-0.15, -0.1) is 11.3 Å². The highest BCUT2D eigenvalue weighted by Crippen LogP contribution is 2.28. The van der Waals surface area contributed by atoms with E-state index < -0.39 is 0 Å². The van der Waals surface area contributed by atoms with E-state index in [4.69, 9.17) is 10.00 Å². The van der Waals surface area contributed by atoms with E-state index in [1.165, 1.54) is 17.7 Å². The highest BCUT2D eigenvalue weighted by Gasteiger charge is 2.20. The molecule has 17 heavy (non-hydrogen) atoms. The van der Waals surface area contributed by atoms with E-state index in [0.29, 0.717) is 0 Å². The van der Waals surface area contributed by atoms with Crippen molar-refractivity contribution in [3.05, 3.63) is 21.9 Å². The Kier molecular flexibility index (Phi) is 4.99. The van der Waals surface area contributed by atoms with Crippen LogP contribution in [0.1, 0.15) is 29.7 Å². The van der Waals surface area contributed by atoms with Crippen LogP contribution in [0.4, 0.5) is 0 Å². The summed E-state index contributed by atoms with van der Waals surface area (Å²) in [6.07, 6.45) is 3.78. The summed E-state index contributed by atoms with van der Waals surface area (Å²) in [6.45, 7) is 3.65. The van der Waals surface area contributed by atoms with Gasteiger partial charge in [-0.05, 0) is 37.8 Å². The molecule has 3 nitrogen and oxygen atoms in total. The molecule has 0 atom stereocenters. The minimum absolute atomic E-state index is 0.763. The first-order valence-electron chi connectivity index (χ1n) is 6.14. The maximum absolute atomic E-state index is 8.69. The van der Waals surface area contributed by atoms with Gasteiger partial charge < -0.3 is 10.1 Å². The van der Waals surface area contributed by atoms with Crippen molar-refractivity contribution in [1.82, 2.24) is 5.32 Å². The SMILES string of the molecule is N#Cc1csc(CNCCCOCC2CC2)c1. The zero-order valence-corrected chi connectivity index (χ0v) is 10.8. The number of ether oxygens (including phenoxy) is 1. The zero-order chi connectivity index (χ0) is 11.9. The van der Waals surface area contributed by atoms with E-state index >= 15 is 0 Å². The second kappa shape index (κ2) is 6.75. The second-order valence-corrected chi connectivity index (χ2v) is 5.46. The van der Waals surface area contributed by atoms with Crippen molar-refractivity contribution in [3.8, 4) is 6.07 Å². The smallest absolute Gasteiger partial charge is 0.100 e. The van der Waals surface area contributed by atoms with Crippen molar-refractivity contribution >= 4 is 11.3 Å². The lowest BCUT2D eigenvalue weighted by molar-refractivity contribution is 0.122. The Balaban J connectivity index is 1.46. The first kappa shape index (κ1) is 12.6. The van der Waals surface area contributed by atoms with E-state index in [2.05, 4.69) is 11.4 Å². The number of thiophene rings is 1. The normalized spacial score (nSPS) is 14.8. The van der Waals surface area contributed by atoms with Crippen LogP contribution in [0.3, 0.4) is 0 Å². The van der Waals surface area contributed by atoms with Crippen molar-refractivity contribution in [2.45, 2.75) is 25.8 Å². The molecule has 0 spiro atoms. The first-order chi connectivity index (χ1) is 8.38. The van der Waals surface area contributed by atoms with Crippen LogP contribution in [0, 0.1) is 17.2 Å². The van der Waals surface area contributed by atoms with Gasteiger partial charge in [0.25, 0.3) is 0 Å². The number of nitriles is 1. The Hall–Kier alpha value is -0.890. The first-order valence-corrected chi connectivity index (χ1v) is 7.02. The van der Waals surface area contributed by atoms with Crippen molar-refractivity contribution in [2.24, 2.45) is 5.92 Å². The van der Waals surface area contributed by atoms with E-state index in [1.807, 2.05) is 11.4 Å². The van der Waals surface area contributed by atoms with Gasteiger partial charge in [0.15, 0.2) is 0 Å². The number of hydrogen-bond acceptors (Lipinski definition) is 4. The molecule has 1 aliphatic rings. The summed E-state index contributed by atoms with van der Waals surface area (Å²) in [4.78, 5) is 1.22. The molecule has 1 fully saturated rings. The minimum atomic E-state index is 0.763. The van der Waals surface area contributed by atoms with Gasteiger partial charge in [-0.1, -0.05) is 0 Å². The highest BCUT2D eigenvalue weighted by molar-refractivity contribution is 7.10. The molecule has 0 saturated heterocycles. The van der Waals surface area contributed by atoms with Crippen LogP contribution in [0.15, 0.2) is 11.4 Å². The van der Waals surface area contributed by atoms with Crippen LogP contribution in [0.5, 0.6) is 0 Å². The van der Waals surface area contributed by atoms with E-state index in [1.54, 1.807) is 11.3 Å². The van der Waals surface area contributed by atoms with Crippen molar-refractivity contribution in [2.75, 3.05) is 19.8 Å². The molecular formula is C13H18N2OS. The summed E-state index contributed by atoms with van der Waals surface area (Å²) in [5.74, 6) is 0.860. The van der Waals surface area contributed by atoms with Crippen molar-refractivity contribution in [1.29, 1.82) is 5.26 Å². The quantitative estimate of drug-likeness (QED) is 0.721. The average Bonchev–Trinajstić information content (AvgIpc) is 3.05. The van der Waals surface area contributed by atoms with Gasteiger partial charge in [0, 0.05) is 30.0 Å². The molecule has 2 rings (SSSR count). The van der Waals surface area contributed by atoms with Gasteiger partial charge in [-0.2, -0.15) is 5.26 Å². The molecule has 1 aliphatic carbocycles. The monoisotopic (exact) mass is 250 g/mol. The summed E-state index contributed by atoms with van der Waals surface area (Å²) >= 11 is 1.64. The third kappa shape index (κ3) is 4.86. The minimum Gasteiger partial charge on any atom is -0.381 e. The third-order valence-corrected chi connectivity index (χ3v) is 3.71. The fourth-order valence-electron chi connectivity index (χ4n) is 1.58. The fraction of sp³-hybridized carbons (Fsp3) is 0.615. The topological polar surface area (TPSA) is 45.0 Å². The molecule has 0 aromatic carbocycles. The van der Waals surface area contributed by atoms with Gasteiger partial charge in [0.2, 0.25) is 0 Å². The number of hydrogen-bond donors (Lipinski definition) is 1. The van der Waals surface area contributed by atoms with Gasteiger partial charge in [0.05, 0.1) is 5.56 Å². The van der Waals surface area contributed by atoms with Crippen LogP contribution < -0.4 is 5.32 Å². The largest absolute Gasteiger partial charge is 0.381 e. The number of nitrogens with one attached hydrogen (secondary N) is 1. The Morgan fingerprint density at radius 3 is 3.12 bits per heavy atom. The molecule has 92 valence electrons. The van der Waals surface area contributed by atoms with Crippen LogP contribution in [-0.2, 0) is 11.3 Å². The summed E-state index contributed by atoms with van der Waals surface area (Å²) in [6, 6.07) is 4.09. The van der Waals surface area contributed by atoms with E-state index in [-0.39, 0.29) is 0 Å². The third-order valence-electron chi connectivity index (χ3n) is 2.77. The summed E-state index contributed by atoms with van der Waals surface area (Å²) in [5, 5.41) is 14.0. The van der Waals surface area contributed by atoms with E-state index in [0.717, 1.165) is 44.2 Å². The van der Waals surface area contributed by atoms with E-state index in [9.17, 15) is 0 Å². The number of rotatable bonds is 8. The average molecular weight is 250 g/mol. The molecule has 0 amide bonds. The number of nitrogens with zero attached hydrogens (tertiary/aromatic N) is 1. The predicted octanol–water partition coefficient (Wildman–Crippen LogP) is 2.53. The fourth-order valence-corrected chi connectivity index (χ4v) is 2.36. The summed E-state index contributed by atoms with van der Waals surface area (Å²) < 4.78 is 5.55. The molecule has 1 aromatic heterocycles.